The predicted molar refractivity (Wildman–Crippen MR) is 73.7 cm³/mol. The molecule has 0 aliphatic carbocycles. The van der Waals surface area contributed by atoms with E-state index in [9.17, 15) is 9.59 Å². The quantitative estimate of drug-likeness (QED) is 0.620. The van der Waals surface area contributed by atoms with Gasteiger partial charge in [0.2, 0.25) is 0 Å². The van der Waals surface area contributed by atoms with Gasteiger partial charge in [-0.2, -0.15) is 0 Å². The Labute approximate surface area is 116 Å². The number of benzene rings is 2. The maximum absolute atomic E-state index is 12.1. The zero-order valence-corrected chi connectivity index (χ0v) is 11.1. The van der Waals surface area contributed by atoms with E-state index in [1.165, 1.54) is 0 Å². The molecule has 0 bridgehead atoms. The molecule has 102 valence electrons. The van der Waals surface area contributed by atoms with Gasteiger partial charge in [0.15, 0.2) is 5.78 Å². The highest BCUT2D eigenvalue weighted by Crippen LogP contribution is 2.32. The van der Waals surface area contributed by atoms with E-state index in [0.29, 0.717) is 5.75 Å². The molecule has 1 atom stereocenters. The lowest BCUT2D eigenvalue weighted by Crippen LogP contribution is -2.41. The standard InChI is InChI=1S/C16H14O4/c1-2-19-16(18)15-13(17)9-12-11-6-4-3-5-10(11)7-8-14(12)20-15/h3-8,15H,2,9H2,1H3. The summed E-state index contributed by atoms with van der Waals surface area (Å²) in [6.07, 6.45) is -0.941. The van der Waals surface area contributed by atoms with Gasteiger partial charge in [-0.25, -0.2) is 4.79 Å². The molecule has 0 saturated carbocycles. The number of carbonyl (C=O) groups is 2. The Bertz CT molecular complexity index is 690. The van der Waals surface area contributed by atoms with Gasteiger partial charge in [-0.3, -0.25) is 4.79 Å². The van der Waals surface area contributed by atoms with Crippen LogP contribution in [0.2, 0.25) is 0 Å². The summed E-state index contributed by atoms with van der Waals surface area (Å²) in [7, 11) is 0. The summed E-state index contributed by atoms with van der Waals surface area (Å²) in [5.41, 5.74) is 0.841. The van der Waals surface area contributed by atoms with E-state index in [4.69, 9.17) is 9.47 Å². The summed E-state index contributed by atoms with van der Waals surface area (Å²) in [5, 5.41) is 2.04. The third-order valence-corrected chi connectivity index (χ3v) is 3.39. The van der Waals surface area contributed by atoms with Crippen LogP contribution in [0.25, 0.3) is 10.8 Å². The average Bonchev–Trinajstić information content (AvgIpc) is 2.46. The number of Topliss-reactive ketones (excluding diaryl/α,β-unsaturated/α-hetero) is 1. The SMILES string of the molecule is CCOC(=O)C1Oc2ccc3ccccc3c2CC1=O. The lowest BCUT2D eigenvalue weighted by molar-refractivity contribution is -0.156. The number of carbonyl (C=O) groups excluding carboxylic acids is 2. The summed E-state index contributed by atoms with van der Waals surface area (Å²) < 4.78 is 10.4. The van der Waals surface area contributed by atoms with Crippen LogP contribution in [0.15, 0.2) is 36.4 Å². The molecule has 2 aromatic rings. The van der Waals surface area contributed by atoms with Crippen LogP contribution < -0.4 is 4.74 Å². The van der Waals surface area contributed by atoms with E-state index in [1.54, 1.807) is 13.0 Å². The first-order valence-corrected chi connectivity index (χ1v) is 6.57. The predicted octanol–water partition coefficient (Wildman–Crippen LogP) is 2.28. The molecule has 0 amide bonds. The second-order valence-corrected chi connectivity index (χ2v) is 4.66. The minimum Gasteiger partial charge on any atom is -0.470 e. The number of ether oxygens (including phenoxy) is 2. The number of hydrogen-bond acceptors (Lipinski definition) is 4. The summed E-state index contributed by atoms with van der Waals surface area (Å²) >= 11 is 0. The molecule has 0 spiro atoms. The van der Waals surface area contributed by atoms with E-state index in [0.717, 1.165) is 16.3 Å². The van der Waals surface area contributed by atoms with Crippen molar-refractivity contribution in [2.75, 3.05) is 6.61 Å². The Morgan fingerprint density at radius 3 is 2.90 bits per heavy atom. The Hall–Kier alpha value is -2.36. The molecule has 2 aromatic carbocycles. The lowest BCUT2D eigenvalue weighted by Gasteiger charge is -2.24. The highest BCUT2D eigenvalue weighted by Gasteiger charge is 2.35. The maximum atomic E-state index is 12.1. The molecule has 0 N–H and O–H groups in total. The molecule has 1 aliphatic heterocycles. The lowest BCUT2D eigenvalue weighted by atomic mass is 9.95. The molecular weight excluding hydrogens is 256 g/mol. The number of rotatable bonds is 2. The topological polar surface area (TPSA) is 52.6 Å². The molecule has 0 aromatic heterocycles. The number of esters is 1. The third-order valence-electron chi connectivity index (χ3n) is 3.39. The van der Waals surface area contributed by atoms with E-state index >= 15 is 0 Å². The van der Waals surface area contributed by atoms with Crippen LogP contribution in [0.1, 0.15) is 12.5 Å². The van der Waals surface area contributed by atoms with Crippen molar-refractivity contribution < 1.29 is 19.1 Å². The van der Waals surface area contributed by atoms with Crippen LogP contribution in [-0.2, 0) is 20.7 Å². The number of ketones is 1. The second kappa shape index (κ2) is 4.96. The van der Waals surface area contributed by atoms with E-state index in [1.807, 2.05) is 30.3 Å². The Morgan fingerprint density at radius 1 is 1.30 bits per heavy atom. The van der Waals surface area contributed by atoms with Crippen LogP contribution in [-0.4, -0.2) is 24.5 Å². The van der Waals surface area contributed by atoms with Gasteiger partial charge in [0.1, 0.15) is 5.75 Å². The van der Waals surface area contributed by atoms with Crippen molar-refractivity contribution in [3.05, 3.63) is 42.0 Å². The van der Waals surface area contributed by atoms with E-state index < -0.39 is 12.1 Å². The normalized spacial score (nSPS) is 17.4. The van der Waals surface area contributed by atoms with Crippen LogP contribution in [0.4, 0.5) is 0 Å². The largest absolute Gasteiger partial charge is 0.470 e. The summed E-state index contributed by atoms with van der Waals surface area (Å²) in [4.78, 5) is 23.8. The third kappa shape index (κ3) is 2.03. The fourth-order valence-electron chi connectivity index (χ4n) is 2.47. The van der Waals surface area contributed by atoms with E-state index in [2.05, 4.69) is 0 Å². The molecule has 1 unspecified atom stereocenters. The van der Waals surface area contributed by atoms with Crippen LogP contribution in [0.3, 0.4) is 0 Å². The van der Waals surface area contributed by atoms with Crippen molar-refractivity contribution in [1.29, 1.82) is 0 Å². The molecule has 4 nitrogen and oxygen atoms in total. The Balaban J connectivity index is 2.02. The zero-order valence-electron chi connectivity index (χ0n) is 11.1. The molecule has 20 heavy (non-hydrogen) atoms. The van der Waals surface area contributed by atoms with Gasteiger partial charge in [0, 0.05) is 12.0 Å². The monoisotopic (exact) mass is 270 g/mol. The van der Waals surface area contributed by atoms with Gasteiger partial charge in [0.05, 0.1) is 6.61 Å². The fourth-order valence-corrected chi connectivity index (χ4v) is 2.47. The van der Waals surface area contributed by atoms with Crippen molar-refractivity contribution in [3.8, 4) is 5.75 Å². The van der Waals surface area contributed by atoms with Gasteiger partial charge >= 0.3 is 5.97 Å². The van der Waals surface area contributed by atoms with Gasteiger partial charge in [0.25, 0.3) is 6.10 Å². The first-order valence-electron chi connectivity index (χ1n) is 6.57. The van der Waals surface area contributed by atoms with Gasteiger partial charge in [-0.1, -0.05) is 30.3 Å². The van der Waals surface area contributed by atoms with Crippen LogP contribution in [0.5, 0.6) is 5.75 Å². The first kappa shape index (κ1) is 12.7. The van der Waals surface area contributed by atoms with Crippen LogP contribution in [0, 0.1) is 0 Å². The summed E-state index contributed by atoms with van der Waals surface area (Å²) in [6.45, 7) is 1.93. The van der Waals surface area contributed by atoms with Crippen molar-refractivity contribution in [1.82, 2.24) is 0 Å². The number of fused-ring (bicyclic) bond motifs is 3. The summed E-state index contributed by atoms with van der Waals surface area (Å²) in [5.74, 6) is -0.287. The van der Waals surface area contributed by atoms with Gasteiger partial charge < -0.3 is 9.47 Å². The minimum atomic E-state index is -1.14. The molecule has 0 radical (unpaired) electrons. The minimum absolute atomic E-state index is 0.195. The second-order valence-electron chi connectivity index (χ2n) is 4.66. The van der Waals surface area contributed by atoms with Crippen molar-refractivity contribution in [3.63, 3.8) is 0 Å². The van der Waals surface area contributed by atoms with Crippen LogP contribution >= 0.6 is 0 Å². The Morgan fingerprint density at radius 2 is 2.10 bits per heavy atom. The maximum Gasteiger partial charge on any atom is 0.355 e. The fraction of sp³-hybridized carbons (Fsp3) is 0.250. The molecule has 3 rings (SSSR count). The highest BCUT2D eigenvalue weighted by molar-refractivity contribution is 6.06. The van der Waals surface area contributed by atoms with Gasteiger partial charge in [-0.05, 0) is 23.8 Å². The number of hydrogen-bond donors (Lipinski definition) is 0. The smallest absolute Gasteiger partial charge is 0.355 e. The molecule has 0 saturated heterocycles. The zero-order chi connectivity index (χ0) is 14.1. The molecule has 1 heterocycles. The van der Waals surface area contributed by atoms with Crippen molar-refractivity contribution in [2.45, 2.75) is 19.4 Å². The van der Waals surface area contributed by atoms with Gasteiger partial charge in [-0.15, -0.1) is 0 Å². The van der Waals surface area contributed by atoms with E-state index in [-0.39, 0.29) is 18.8 Å². The Kier molecular flexibility index (Phi) is 3.14. The molecule has 0 fully saturated rings. The average molecular weight is 270 g/mol. The van der Waals surface area contributed by atoms with Crippen molar-refractivity contribution in [2.24, 2.45) is 0 Å². The first-order chi connectivity index (χ1) is 9.70. The summed E-state index contributed by atoms with van der Waals surface area (Å²) in [6, 6.07) is 11.5. The molecule has 4 heteroatoms. The molecular formula is C16H14O4. The highest BCUT2D eigenvalue weighted by atomic mass is 16.6. The molecule has 1 aliphatic rings. The van der Waals surface area contributed by atoms with Crippen molar-refractivity contribution >= 4 is 22.5 Å².